The number of aliphatic imine (C=N–C) groups is 1. The summed E-state index contributed by atoms with van der Waals surface area (Å²) >= 11 is 0. The fourth-order valence-corrected chi connectivity index (χ4v) is 2.90. The first kappa shape index (κ1) is 22.7. The minimum Gasteiger partial charge on any atom is -0.484 e. The summed E-state index contributed by atoms with van der Waals surface area (Å²) in [5.41, 5.74) is 5.06. The topological polar surface area (TPSA) is 77.0 Å². The van der Waals surface area contributed by atoms with Crippen molar-refractivity contribution in [2.45, 2.75) is 20.8 Å². The van der Waals surface area contributed by atoms with Crippen molar-refractivity contribution >= 4 is 29.5 Å². The van der Waals surface area contributed by atoms with Crippen LogP contribution in [0.25, 0.3) is 0 Å². The molecule has 0 bridgehead atoms. The maximum Gasteiger partial charge on any atom is 0.338 e. The first-order valence-corrected chi connectivity index (χ1v) is 10.4. The minimum atomic E-state index is -0.352. The van der Waals surface area contributed by atoms with Crippen molar-refractivity contribution in [2.24, 2.45) is 4.99 Å². The van der Waals surface area contributed by atoms with E-state index in [1.807, 2.05) is 44.2 Å². The molecule has 0 unspecified atom stereocenters. The van der Waals surface area contributed by atoms with Gasteiger partial charge < -0.3 is 14.8 Å². The van der Waals surface area contributed by atoms with E-state index in [0.29, 0.717) is 23.6 Å². The highest BCUT2D eigenvalue weighted by atomic mass is 16.5. The van der Waals surface area contributed by atoms with Gasteiger partial charge in [0.2, 0.25) is 0 Å². The van der Waals surface area contributed by atoms with Gasteiger partial charge >= 0.3 is 5.97 Å². The molecule has 0 spiro atoms. The third-order valence-electron chi connectivity index (χ3n) is 4.76. The maximum absolute atomic E-state index is 12.2. The van der Waals surface area contributed by atoms with Crippen LogP contribution in [-0.4, -0.2) is 31.3 Å². The van der Waals surface area contributed by atoms with Gasteiger partial charge in [0.15, 0.2) is 6.61 Å². The number of hydrogen-bond acceptors (Lipinski definition) is 5. The molecule has 3 rings (SSSR count). The van der Waals surface area contributed by atoms with Crippen molar-refractivity contribution in [1.82, 2.24) is 0 Å². The third-order valence-corrected chi connectivity index (χ3v) is 4.76. The zero-order valence-corrected chi connectivity index (χ0v) is 18.4. The average Bonchev–Trinajstić information content (AvgIpc) is 2.79. The van der Waals surface area contributed by atoms with Gasteiger partial charge in [0.05, 0.1) is 17.9 Å². The summed E-state index contributed by atoms with van der Waals surface area (Å²) in [7, 11) is 0. The summed E-state index contributed by atoms with van der Waals surface area (Å²) in [4.78, 5) is 28.3. The van der Waals surface area contributed by atoms with Crippen LogP contribution >= 0.6 is 0 Å². The Morgan fingerprint density at radius 3 is 2.47 bits per heavy atom. The predicted octanol–water partition coefficient (Wildman–Crippen LogP) is 5.25. The Kier molecular flexibility index (Phi) is 7.75. The number of hydrogen-bond donors (Lipinski definition) is 1. The average molecular weight is 431 g/mol. The number of carbonyl (C=O) groups excluding carboxylic acids is 2. The number of amides is 1. The summed E-state index contributed by atoms with van der Waals surface area (Å²) in [6, 6.07) is 19.9. The Morgan fingerprint density at radius 2 is 1.75 bits per heavy atom. The van der Waals surface area contributed by atoms with Crippen LogP contribution in [0.4, 0.5) is 11.4 Å². The van der Waals surface area contributed by atoms with Gasteiger partial charge in [0.25, 0.3) is 5.91 Å². The van der Waals surface area contributed by atoms with E-state index in [9.17, 15) is 9.59 Å². The van der Waals surface area contributed by atoms with Gasteiger partial charge in [-0.1, -0.05) is 18.2 Å². The molecule has 0 saturated carbocycles. The fraction of sp³-hybridized carbons (Fsp3) is 0.192. The Hall–Kier alpha value is -3.93. The van der Waals surface area contributed by atoms with Crippen LogP contribution in [0.3, 0.4) is 0 Å². The zero-order chi connectivity index (χ0) is 22.9. The van der Waals surface area contributed by atoms with E-state index in [-0.39, 0.29) is 18.5 Å². The van der Waals surface area contributed by atoms with E-state index in [4.69, 9.17) is 9.47 Å². The van der Waals surface area contributed by atoms with Crippen molar-refractivity contribution in [3.05, 3.63) is 89.0 Å². The molecule has 164 valence electrons. The first-order valence-electron chi connectivity index (χ1n) is 10.4. The normalized spacial score (nSPS) is 10.7. The lowest BCUT2D eigenvalue weighted by molar-refractivity contribution is -0.118. The van der Waals surface area contributed by atoms with Gasteiger partial charge in [-0.3, -0.25) is 9.79 Å². The van der Waals surface area contributed by atoms with Gasteiger partial charge in [-0.05, 0) is 86.0 Å². The number of anilines is 1. The standard InChI is InChI=1S/C26H26N2O4/c1-4-31-26(30)21-9-12-22(13-10-21)27-16-20-6-5-7-24(15-20)32-17-25(29)28-23-11-8-18(2)19(3)14-23/h5-16H,4,17H2,1-3H3,(H,28,29). The molecule has 3 aromatic carbocycles. The molecule has 0 aromatic heterocycles. The third kappa shape index (κ3) is 6.54. The molecule has 0 aliphatic heterocycles. The van der Waals surface area contributed by atoms with E-state index < -0.39 is 0 Å². The molecular weight excluding hydrogens is 404 g/mol. The lowest BCUT2D eigenvalue weighted by atomic mass is 10.1. The van der Waals surface area contributed by atoms with Gasteiger partial charge in [0, 0.05) is 11.9 Å². The minimum absolute atomic E-state index is 0.0944. The quantitative estimate of drug-likeness (QED) is 0.391. The largest absolute Gasteiger partial charge is 0.484 e. The lowest BCUT2D eigenvalue weighted by Gasteiger charge is -2.09. The van der Waals surface area contributed by atoms with Gasteiger partial charge in [-0.25, -0.2) is 4.79 Å². The molecule has 1 amide bonds. The highest BCUT2D eigenvalue weighted by Crippen LogP contribution is 2.17. The summed E-state index contributed by atoms with van der Waals surface area (Å²) < 4.78 is 10.6. The van der Waals surface area contributed by atoms with E-state index >= 15 is 0 Å². The molecular formula is C26H26N2O4. The second kappa shape index (κ2) is 10.9. The summed E-state index contributed by atoms with van der Waals surface area (Å²) in [6.45, 7) is 6.04. The van der Waals surface area contributed by atoms with Crippen LogP contribution < -0.4 is 10.1 Å². The molecule has 0 heterocycles. The molecule has 0 aliphatic carbocycles. The van der Waals surface area contributed by atoms with Crippen LogP contribution in [-0.2, 0) is 9.53 Å². The molecule has 3 aromatic rings. The van der Waals surface area contributed by atoms with Crippen molar-refractivity contribution < 1.29 is 19.1 Å². The molecule has 0 atom stereocenters. The molecule has 0 aliphatic rings. The van der Waals surface area contributed by atoms with Crippen molar-refractivity contribution in [1.29, 1.82) is 0 Å². The van der Waals surface area contributed by atoms with Crippen molar-refractivity contribution in [2.75, 3.05) is 18.5 Å². The van der Waals surface area contributed by atoms with E-state index in [0.717, 1.165) is 16.8 Å². The Morgan fingerprint density at radius 1 is 0.969 bits per heavy atom. The van der Waals surface area contributed by atoms with E-state index in [1.54, 1.807) is 49.5 Å². The fourth-order valence-electron chi connectivity index (χ4n) is 2.90. The predicted molar refractivity (Wildman–Crippen MR) is 126 cm³/mol. The number of esters is 1. The van der Waals surface area contributed by atoms with Crippen LogP contribution in [0, 0.1) is 13.8 Å². The van der Waals surface area contributed by atoms with E-state index in [2.05, 4.69) is 10.3 Å². The Balaban J connectivity index is 1.56. The lowest BCUT2D eigenvalue weighted by Crippen LogP contribution is -2.20. The van der Waals surface area contributed by atoms with Crippen LogP contribution in [0.2, 0.25) is 0 Å². The van der Waals surface area contributed by atoms with Crippen molar-refractivity contribution in [3.63, 3.8) is 0 Å². The Labute approximate surface area is 187 Å². The molecule has 0 fully saturated rings. The number of rotatable bonds is 8. The molecule has 6 nitrogen and oxygen atoms in total. The van der Waals surface area contributed by atoms with Crippen molar-refractivity contribution in [3.8, 4) is 5.75 Å². The van der Waals surface area contributed by atoms with Gasteiger partial charge in [-0.15, -0.1) is 0 Å². The number of aryl methyl sites for hydroxylation is 2. The Bertz CT molecular complexity index is 1120. The molecule has 1 N–H and O–H groups in total. The molecule has 0 saturated heterocycles. The van der Waals surface area contributed by atoms with Crippen LogP contribution in [0.15, 0.2) is 71.7 Å². The molecule has 0 radical (unpaired) electrons. The highest BCUT2D eigenvalue weighted by Gasteiger charge is 2.06. The number of benzene rings is 3. The number of nitrogens with one attached hydrogen (secondary N) is 1. The molecule has 6 heteroatoms. The van der Waals surface area contributed by atoms with E-state index in [1.165, 1.54) is 5.56 Å². The summed E-state index contributed by atoms with van der Waals surface area (Å²) in [5.74, 6) is -0.00899. The SMILES string of the molecule is CCOC(=O)c1ccc(N=Cc2cccc(OCC(=O)Nc3ccc(C)c(C)c3)c2)cc1. The monoisotopic (exact) mass is 430 g/mol. The first-order chi connectivity index (χ1) is 15.4. The number of ether oxygens (including phenoxy) is 2. The summed E-state index contributed by atoms with van der Waals surface area (Å²) in [6.07, 6.45) is 1.70. The van der Waals surface area contributed by atoms with Gasteiger partial charge in [-0.2, -0.15) is 0 Å². The summed E-state index contributed by atoms with van der Waals surface area (Å²) in [5, 5.41) is 2.84. The zero-order valence-electron chi connectivity index (χ0n) is 18.4. The second-order valence-corrected chi connectivity index (χ2v) is 7.23. The second-order valence-electron chi connectivity index (χ2n) is 7.23. The number of nitrogens with zero attached hydrogens (tertiary/aromatic N) is 1. The maximum atomic E-state index is 12.2. The van der Waals surface area contributed by atoms with Gasteiger partial charge in [0.1, 0.15) is 5.75 Å². The van der Waals surface area contributed by atoms with Crippen LogP contribution in [0.5, 0.6) is 5.75 Å². The highest BCUT2D eigenvalue weighted by molar-refractivity contribution is 5.92. The van der Waals surface area contributed by atoms with Crippen LogP contribution in [0.1, 0.15) is 34.0 Å². The smallest absolute Gasteiger partial charge is 0.338 e. The number of carbonyl (C=O) groups is 2. The molecule has 32 heavy (non-hydrogen) atoms.